The minimum absolute atomic E-state index is 0.321. The van der Waals surface area contributed by atoms with E-state index in [0.717, 1.165) is 9.26 Å². The quantitative estimate of drug-likeness (QED) is 0.675. The van der Waals surface area contributed by atoms with Crippen molar-refractivity contribution in [3.63, 3.8) is 0 Å². The number of halogens is 1. The van der Waals surface area contributed by atoms with Gasteiger partial charge in [0.1, 0.15) is 5.52 Å². The van der Waals surface area contributed by atoms with Crippen LogP contribution < -0.4 is 5.32 Å². The molecular weight excluding hydrogens is 355 g/mol. The van der Waals surface area contributed by atoms with Gasteiger partial charge in [-0.05, 0) is 46.9 Å². The molecule has 0 saturated carbocycles. The molecule has 0 fully saturated rings. The van der Waals surface area contributed by atoms with Crippen LogP contribution in [0.5, 0.6) is 0 Å². The third kappa shape index (κ3) is 2.30. The molecule has 3 aromatic rings. The van der Waals surface area contributed by atoms with Crippen molar-refractivity contribution >= 4 is 45.3 Å². The third-order valence-corrected chi connectivity index (χ3v) is 3.60. The zero-order chi connectivity index (χ0) is 13.2. The average Bonchev–Trinajstić information content (AvgIpc) is 2.85. The second-order valence-corrected chi connectivity index (χ2v) is 5.06. The minimum Gasteiger partial charge on any atom is -0.305 e. The maximum absolute atomic E-state index is 12.2. The van der Waals surface area contributed by atoms with Gasteiger partial charge in [-0.3, -0.25) is 0 Å². The van der Waals surface area contributed by atoms with Crippen LogP contribution in [0.15, 0.2) is 48.5 Å². The fraction of sp³-hybridized carbons (Fsp3) is 0. The van der Waals surface area contributed by atoms with Gasteiger partial charge < -0.3 is 5.32 Å². The lowest BCUT2D eigenvalue weighted by atomic mass is 10.3. The molecular formula is C13H9IN4O. The number of nitrogens with zero attached hydrogens (tertiary/aromatic N) is 3. The Morgan fingerprint density at radius 1 is 1.11 bits per heavy atom. The molecule has 1 amide bonds. The Morgan fingerprint density at radius 3 is 2.68 bits per heavy atom. The monoisotopic (exact) mass is 364 g/mol. The van der Waals surface area contributed by atoms with Crippen LogP contribution in [0.1, 0.15) is 0 Å². The second-order valence-electron chi connectivity index (χ2n) is 3.90. The van der Waals surface area contributed by atoms with Crippen LogP contribution in [-0.4, -0.2) is 21.0 Å². The molecule has 0 aliphatic carbocycles. The predicted molar refractivity (Wildman–Crippen MR) is 81.1 cm³/mol. The number of carbonyl (C=O) groups excluding carboxylic acids is 1. The van der Waals surface area contributed by atoms with E-state index < -0.39 is 0 Å². The fourth-order valence-corrected chi connectivity index (χ4v) is 2.27. The standard InChI is InChI=1S/C13H9IN4O/c14-9-5-1-2-6-10(9)15-13(19)18-12-8-4-3-7-11(12)16-17-18/h1-8H,(H,15,19). The van der Waals surface area contributed by atoms with Crippen LogP contribution in [0, 0.1) is 3.57 Å². The molecule has 0 aliphatic heterocycles. The van der Waals surface area contributed by atoms with Crippen molar-refractivity contribution in [1.82, 2.24) is 15.0 Å². The van der Waals surface area contributed by atoms with E-state index in [1.807, 2.05) is 48.5 Å². The van der Waals surface area contributed by atoms with Gasteiger partial charge in [-0.15, -0.1) is 5.10 Å². The van der Waals surface area contributed by atoms with Gasteiger partial charge in [-0.1, -0.05) is 29.5 Å². The number of anilines is 1. The first kappa shape index (κ1) is 12.1. The molecule has 0 aliphatic rings. The smallest absolute Gasteiger partial charge is 0.305 e. The summed E-state index contributed by atoms with van der Waals surface area (Å²) in [5.74, 6) is 0. The molecule has 1 aromatic heterocycles. The van der Waals surface area contributed by atoms with E-state index in [9.17, 15) is 4.79 Å². The van der Waals surface area contributed by atoms with Gasteiger partial charge in [0.2, 0.25) is 0 Å². The van der Waals surface area contributed by atoms with E-state index in [1.165, 1.54) is 4.68 Å². The molecule has 0 spiro atoms. The van der Waals surface area contributed by atoms with Gasteiger partial charge in [0.25, 0.3) is 0 Å². The van der Waals surface area contributed by atoms with Gasteiger partial charge in [0.15, 0.2) is 0 Å². The molecule has 0 saturated heterocycles. The Labute approximate surface area is 122 Å². The molecule has 1 heterocycles. The summed E-state index contributed by atoms with van der Waals surface area (Å²) in [4.78, 5) is 12.2. The van der Waals surface area contributed by atoms with Crippen LogP contribution in [0.2, 0.25) is 0 Å². The number of rotatable bonds is 1. The largest absolute Gasteiger partial charge is 0.348 e. The lowest BCUT2D eigenvalue weighted by molar-refractivity contribution is 0.251. The Balaban J connectivity index is 1.95. The lowest BCUT2D eigenvalue weighted by Gasteiger charge is -2.06. The highest BCUT2D eigenvalue weighted by atomic mass is 127. The van der Waals surface area contributed by atoms with E-state index in [2.05, 4.69) is 38.2 Å². The molecule has 1 N–H and O–H groups in total. The minimum atomic E-state index is -0.321. The number of hydrogen-bond acceptors (Lipinski definition) is 3. The van der Waals surface area contributed by atoms with Crippen molar-refractivity contribution < 1.29 is 4.79 Å². The van der Waals surface area contributed by atoms with Crippen LogP contribution in [0.3, 0.4) is 0 Å². The number of nitrogens with one attached hydrogen (secondary N) is 1. The molecule has 0 radical (unpaired) electrons. The first-order chi connectivity index (χ1) is 9.25. The SMILES string of the molecule is O=C(Nc1ccccc1I)n1nnc2ccccc21. The fourth-order valence-electron chi connectivity index (χ4n) is 1.75. The van der Waals surface area contributed by atoms with Crippen molar-refractivity contribution in [3.05, 3.63) is 52.1 Å². The Bertz CT molecular complexity index is 753. The van der Waals surface area contributed by atoms with E-state index in [0.29, 0.717) is 11.0 Å². The molecule has 0 bridgehead atoms. The van der Waals surface area contributed by atoms with Crippen LogP contribution in [-0.2, 0) is 0 Å². The topological polar surface area (TPSA) is 59.8 Å². The number of benzene rings is 2. The Hall–Kier alpha value is -1.96. The Kier molecular flexibility index (Phi) is 3.16. The molecule has 0 unspecified atom stereocenters. The number of carbonyl (C=O) groups is 1. The van der Waals surface area contributed by atoms with Gasteiger partial charge in [0.05, 0.1) is 11.2 Å². The van der Waals surface area contributed by atoms with E-state index in [-0.39, 0.29) is 6.03 Å². The van der Waals surface area contributed by atoms with Crippen molar-refractivity contribution in [2.75, 3.05) is 5.32 Å². The van der Waals surface area contributed by atoms with Crippen molar-refractivity contribution in [3.8, 4) is 0 Å². The summed E-state index contributed by atoms with van der Waals surface area (Å²) in [6.07, 6.45) is 0. The molecule has 2 aromatic carbocycles. The summed E-state index contributed by atoms with van der Waals surface area (Å²) in [7, 11) is 0. The zero-order valence-corrected chi connectivity index (χ0v) is 11.9. The van der Waals surface area contributed by atoms with E-state index in [1.54, 1.807) is 0 Å². The summed E-state index contributed by atoms with van der Waals surface area (Å²) in [5, 5.41) is 10.6. The van der Waals surface area contributed by atoms with Gasteiger partial charge in [0, 0.05) is 3.57 Å². The Morgan fingerprint density at radius 2 is 1.84 bits per heavy atom. The molecule has 94 valence electrons. The highest BCUT2D eigenvalue weighted by Crippen LogP contribution is 2.18. The maximum atomic E-state index is 12.2. The molecule has 3 rings (SSSR count). The van der Waals surface area contributed by atoms with Crippen LogP contribution in [0.4, 0.5) is 10.5 Å². The number of fused-ring (bicyclic) bond motifs is 1. The van der Waals surface area contributed by atoms with Crippen molar-refractivity contribution in [1.29, 1.82) is 0 Å². The number of para-hydroxylation sites is 2. The first-order valence-corrected chi connectivity index (χ1v) is 6.70. The van der Waals surface area contributed by atoms with E-state index >= 15 is 0 Å². The van der Waals surface area contributed by atoms with Crippen molar-refractivity contribution in [2.45, 2.75) is 0 Å². The summed E-state index contributed by atoms with van der Waals surface area (Å²) < 4.78 is 2.23. The van der Waals surface area contributed by atoms with Crippen LogP contribution >= 0.6 is 22.6 Å². The number of aromatic nitrogens is 3. The summed E-state index contributed by atoms with van der Waals surface area (Å²) >= 11 is 2.17. The molecule has 5 nitrogen and oxygen atoms in total. The average molecular weight is 364 g/mol. The summed E-state index contributed by atoms with van der Waals surface area (Å²) in [5.41, 5.74) is 2.14. The van der Waals surface area contributed by atoms with Crippen molar-refractivity contribution in [2.24, 2.45) is 0 Å². The summed E-state index contributed by atoms with van der Waals surface area (Å²) in [6, 6.07) is 14.6. The maximum Gasteiger partial charge on any atom is 0.348 e. The highest BCUT2D eigenvalue weighted by molar-refractivity contribution is 14.1. The molecule has 0 atom stereocenters. The third-order valence-electron chi connectivity index (χ3n) is 2.66. The second kappa shape index (κ2) is 4.96. The first-order valence-electron chi connectivity index (χ1n) is 5.62. The predicted octanol–water partition coefficient (Wildman–Crippen LogP) is 3.12. The van der Waals surface area contributed by atoms with Gasteiger partial charge in [-0.25, -0.2) is 4.79 Å². The number of hydrogen-bond donors (Lipinski definition) is 1. The normalized spacial score (nSPS) is 10.6. The number of amides is 1. The van der Waals surface area contributed by atoms with Crippen LogP contribution in [0.25, 0.3) is 11.0 Å². The summed E-state index contributed by atoms with van der Waals surface area (Å²) in [6.45, 7) is 0. The molecule has 19 heavy (non-hydrogen) atoms. The van der Waals surface area contributed by atoms with E-state index in [4.69, 9.17) is 0 Å². The van der Waals surface area contributed by atoms with Gasteiger partial charge in [-0.2, -0.15) is 4.68 Å². The lowest BCUT2D eigenvalue weighted by Crippen LogP contribution is -2.21. The van der Waals surface area contributed by atoms with Gasteiger partial charge >= 0.3 is 6.03 Å². The molecule has 6 heteroatoms. The zero-order valence-electron chi connectivity index (χ0n) is 9.75. The highest BCUT2D eigenvalue weighted by Gasteiger charge is 2.12.